The second-order valence-electron chi connectivity index (χ2n) is 9.74. The number of hydrogen-bond donors (Lipinski definition) is 0. The molecule has 0 aromatic heterocycles. The van der Waals surface area contributed by atoms with Gasteiger partial charge in [0.15, 0.2) is 0 Å². The summed E-state index contributed by atoms with van der Waals surface area (Å²) in [6.07, 6.45) is -11.3. The number of hydrogen-bond acceptors (Lipinski definition) is 10. The Hall–Kier alpha value is -5.62. The predicted octanol–water partition coefficient (Wildman–Crippen LogP) is 9.79. The Morgan fingerprint density at radius 1 is 0.640 bits per heavy atom. The van der Waals surface area contributed by atoms with E-state index in [0.717, 1.165) is 55.5 Å². The second kappa shape index (κ2) is 14.5. The molecule has 0 heterocycles. The summed E-state index contributed by atoms with van der Waals surface area (Å²) < 4.78 is 98.5. The van der Waals surface area contributed by atoms with Gasteiger partial charge in [-0.05, 0) is 48.5 Å². The molecule has 0 atom stereocenters. The molecule has 20 heteroatoms. The minimum Gasteiger partial charge on any atom is -0.456 e. The van der Waals surface area contributed by atoms with Gasteiger partial charge in [0.25, 0.3) is 11.4 Å². The quantitative estimate of drug-likeness (QED) is 0.0502. The summed E-state index contributed by atoms with van der Waals surface area (Å²) in [5.74, 6) is -4.11. The number of esters is 2. The third-order valence-corrected chi connectivity index (χ3v) is 6.88. The highest BCUT2D eigenvalue weighted by Crippen LogP contribution is 2.39. The number of carbonyl (C=O) groups excluding carboxylic acids is 2. The summed E-state index contributed by atoms with van der Waals surface area (Å²) in [7, 11) is 0. The molecule has 0 fully saturated rings. The molecule has 0 radical (unpaired) electrons. The number of nitrogens with zero attached hydrogens (tertiary/aromatic N) is 2. The number of alkyl halides is 6. The van der Waals surface area contributed by atoms with E-state index < -0.39 is 84.1 Å². The van der Waals surface area contributed by atoms with Crippen molar-refractivity contribution in [3.63, 3.8) is 0 Å². The van der Waals surface area contributed by atoms with Crippen molar-refractivity contribution < 1.29 is 64.7 Å². The predicted molar refractivity (Wildman–Crippen MR) is 160 cm³/mol. The Bertz CT molecular complexity index is 1870. The van der Waals surface area contributed by atoms with Crippen LogP contribution in [0.25, 0.3) is 0 Å². The average Bonchev–Trinajstić information content (AvgIpc) is 3.01. The number of nitro groups is 2. The molecule has 0 saturated carbocycles. The van der Waals surface area contributed by atoms with Crippen LogP contribution in [0.1, 0.15) is 38.8 Å². The molecule has 4 aromatic carbocycles. The van der Waals surface area contributed by atoms with Gasteiger partial charge in [-0.1, -0.05) is 23.2 Å². The van der Waals surface area contributed by atoms with Crippen LogP contribution in [-0.2, 0) is 21.8 Å². The van der Waals surface area contributed by atoms with E-state index in [0.29, 0.717) is 24.3 Å². The molecule has 50 heavy (non-hydrogen) atoms. The molecule has 262 valence electrons. The second-order valence-corrected chi connectivity index (χ2v) is 10.6. The van der Waals surface area contributed by atoms with Crippen LogP contribution < -0.4 is 9.47 Å². The van der Waals surface area contributed by atoms with Gasteiger partial charge in [0, 0.05) is 31.2 Å². The van der Waals surface area contributed by atoms with Crippen molar-refractivity contribution in [1.29, 1.82) is 0 Å². The van der Waals surface area contributed by atoms with Gasteiger partial charge >= 0.3 is 24.3 Å². The van der Waals surface area contributed by atoms with Crippen molar-refractivity contribution in [1.82, 2.24) is 0 Å². The molecular formula is C30H16Cl2F6N2O10. The first kappa shape index (κ1) is 37.2. The molecule has 0 amide bonds. The van der Waals surface area contributed by atoms with Crippen LogP contribution in [-0.4, -0.2) is 28.1 Å². The highest BCUT2D eigenvalue weighted by atomic mass is 35.5. The SMILES string of the molecule is CC(OC(=O)c1cc(Oc2ccc(C(F)(F)F)cc2Cl)ccc1[N+](=O)[O-])OC(=O)c1cc(Oc2ccc(C(F)(F)F)cc2Cl)ccc1[N+](=O)[O-]. The minimum atomic E-state index is -4.71. The van der Waals surface area contributed by atoms with Gasteiger partial charge in [0.1, 0.15) is 34.1 Å². The number of carbonyl (C=O) groups is 2. The highest BCUT2D eigenvalue weighted by molar-refractivity contribution is 6.32. The van der Waals surface area contributed by atoms with E-state index in [-0.39, 0.29) is 23.0 Å². The lowest BCUT2D eigenvalue weighted by Gasteiger charge is -2.16. The molecule has 0 spiro atoms. The van der Waals surface area contributed by atoms with E-state index in [2.05, 4.69) is 0 Å². The third-order valence-electron chi connectivity index (χ3n) is 6.29. The lowest BCUT2D eigenvalue weighted by atomic mass is 10.1. The first-order chi connectivity index (χ1) is 23.2. The van der Waals surface area contributed by atoms with Crippen molar-refractivity contribution in [2.24, 2.45) is 0 Å². The standard InChI is InChI=1S/C30H16Cl2F6N2O10/c1-14(47-27(41)19-12-17(4-6-23(19)39(43)44)49-25-8-2-15(10-21(25)31)29(33,34)35)48-28(42)20-13-18(5-7-24(20)40(45)46)50-26-9-3-16(11-22(26)32)30(36,37)38/h2-14H,1H3. The molecule has 12 nitrogen and oxygen atoms in total. The van der Waals surface area contributed by atoms with Gasteiger partial charge < -0.3 is 18.9 Å². The third kappa shape index (κ3) is 8.88. The molecule has 0 N–H and O–H groups in total. The van der Waals surface area contributed by atoms with Gasteiger partial charge in [0.2, 0.25) is 6.29 Å². The summed E-state index contributed by atoms with van der Waals surface area (Å²) in [4.78, 5) is 47.1. The monoisotopic (exact) mass is 748 g/mol. The van der Waals surface area contributed by atoms with Crippen molar-refractivity contribution in [3.8, 4) is 23.0 Å². The molecule has 4 aromatic rings. The first-order valence-electron chi connectivity index (χ1n) is 13.3. The van der Waals surface area contributed by atoms with Crippen LogP contribution in [0.5, 0.6) is 23.0 Å². The highest BCUT2D eigenvalue weighted by Gasteiger charge is 2.33. The fourth-order valence-electron chi connectivity index (χ4n) is 4.03. The number of ether oxygens (including phenoxy) is 4. The van der Waals surface area contributed by atoms with E-state index in [1.165, 1.54) is 0 Å². The summed E-state index contributed by atoms with van der Waals surface area (Å²) in [6.45, 7) is 0.984. The molecule has 4 rings (SSSR count). The normalized spacial score (nSPS) is 11.6. The fourth-order valence-corrected chi connectivity index (χ4v) is 4.47. The molecule has 0 aliphatic rings. The maximum atomic E-state index is 13.0. The van der Waals surface area contributed by atoms with E-state index in [4.69, 9.17) is 42.1 Å². The average molecular weight is 749 g/mol. The Balaban J connectivity index is 1.53. The minimum absolute atomic E-state index is 0.297. The smallest absolute Gasteiger partial charge is 0.416 e. The Kier molecular flexibility index (Phi) is 10.8. The lowest BCUT2D eigenvalue weighted by Crippen LogP contribution is -2.23. The van der Waals surface area contributed by atoms with Gasteiger partial charge in [0.05, 0.1) is 31.0 Å². The topological polar surface area (TPSA) is 157 Å². The lowest BCUT2D eigenvalue weighted by molar-refractivity contribution is -0.385. The fraction of sp³-hybridized carbons (Fsp3) is 0.133. The zero-order chi connectivity index (χ0) is 37.1. The number of halogens is 8. The molecule has 0 aliphatic carbocycles. The van der Waals surface area contributed by atoms with Crippen molar-refractivity contribution in [3.05, 3.63) is 125 Å². The summed E-state index contributed by atoms with van der Waals surface area (Å²) in [5.41, 5.74) is -5.32. The van der Waals surface area contributed by atoms with E-state index >= 15 is 0 Å². The van der Waals surface area contributed by atoms with Crippen molar-refractivity contribution in [2.75, 3.05) is 0 Å². The van der Waals surface area contributed by atoms with E-state index in [1.807, 2.05) is 0 Å². The summed E-state index contributed by atoms with van der Waals surface area (Å²) >= 11 is 11.8. The van der Waals surface area contributed by atoms with Crippen LogP contribution in [0, 0.1) is 20.2 Å². The first-order valence-corrected chi connectivity index (χ1v) is 14.1. The molecular weight excluding hydrogens is 733 g/mol. The van der Waals surface area contributed by atoms with Gasteiger partial charge in [-0.25, -0.2) is 9.59 Å². The van der Waals surface area contributed by atoms with E-state index in [9.17, 15) is 56.2 Å². The van der Waals surface area contributed by atoms with Gasteiger partial charge in [-0.3, -0.25) is 20.2 Å². The Labute approximate surface area is 284 Å². The molecule has 0 aliphatic heterocycles. The summed E-state index contributed by atoms with van der Waals surface area (Å²) in [6, 6.07) is 9.50. The Morgan fingerprint density at radius 3 is 1.30 bits per heavy atom. The van der Waals surface area contributed by atoms with Crippen LogP contribution in [0.15, 0.2) is 72.8 Å². The van der Waals surface area contributed by atoms with Crippen LogP contribution >= 0.6 is 23.2 Å². The number of rotatable bonds is 10. The number of benzene rings is 4. The maximum Gasteiger partial charge on any atom is 0.416 e. The maximum absolute atomic E-state index is 13.0. The van der Waals surface area contributed by atoms with Gasteiger partial charge in [-0.15, -0.1) is 0 Å². The van der Waals surface area contributed by atoms with Crippen molar-refractivity contribution in [2.45, 2.75) is 25.6 Å². The zero-order valence-electron chi connectivity index (χ0n) is 24.5. The van der Waals surface area contributed by atoms with Crippen LogP contribution in [0.3, 0.4) is 0 Å². The van der Waals surface area contributed by atoms with Crippen LogP contribution in [0.2, 0.25) is 10.0 Å². The van der Waals surface area contributed by atoms with Gasteiger partial charge in [-0.2, -0.15) is 26.3 Å². The summed E-state index contributed by atoms with van der Waals surface area (Å²) in [5, 5.41) is 22.2. The van der Waals surface area contributed by atoms with E-state index in [1.54, 1.807) is 0 Å². The Morgan fingerprint density at radius 2 is 1.00 bits per heavy atom. The molecule has 0 unspecified atom stereocenters. The largest absolute Gasteiger partial charge is 0.456 e. The molecule has 0 saturated heterocycles. The van der Waals surface area contributed by atoms with Crippen molar-refractivity contribution >= 4 is 46.5 Å². The van der Waals surface area contributed by atoms with Crippen LogP contribution in [0.4, 0.5) is 37.7 Å². The molecule has 0 bridgehead atoms. The zero-order valence-corrected chi connectivity index (χ0v) is 26.0. The number of nitro benzene ring substituents is 2.